The van der Waals surface area contributed by atoms with E-state index < -0.39 is 0 Å². The van der Waals surface area contributed by atoms with Crippen molar-refractivity contribution in [1.82, 2.24) is 19.7 Å². The predicted octanol–water partition coefficient (Wildman–Crippen LogP) is 0.904. The highest BCUT2D eigenvalue weighted by Gasteiger charge is 2.42. The number of anilines is 1. The van der Waals surface area contributed by atoms with Crippen molar-refractivity contribution in [3.63, 3.8) is 0 Å². The van der Waals surface area contributed by atoms with Gasteiger partial charge >= 0.3 is 0 Å². The van der Waals surface area contributed by atoms with Crippen LogP contribution in [0, 0.1) is 23.2 Å². The van der Waals surface area contributed by atoms with Crippen molar-refractivity contribution in [2.24, 2.45) is 18.9 Å². The van der Waals surface area contributed by atoms with Crippen LogP contribution in [0.1, 0.15) is 15.9 Å². The third kappa shape index (κ3) is 2.75. The summed E-state index contributed by atoms with van der Waals surface area (Å²) in [6.45, 7) is 3.21. The number of rotatable bonds is 3. The second kappa shape index (κ2) is 6.33. The normalized spacial score (nSPS) is 21.6. The van der Waals surface area contributed by atoms with Gasteiger partial charge in [0.15, 0.2) is 0 Å². The van der Waals surface area contributed by atoms with Crippen molar-refractivity contribution < 1.29 is 9.53 Å². The Labute approximate surface area is 151 Å². The molecular formula is C18H20N6O2. The van der Waals surface area contributed by atoms with Gasteiger partial charge in [-0.15, -0.1) is 5.10 Å². The Morgan fingerprint density at radius 3 is 2.58 bits per heavy atom. The van der Waals surface area contributed by atoms with E-state index in [1.54, 1.807) is 30.2 Å². The molecule has 2 fully saturated rings. The van der Waals surface area contributed by atoms with Crippen LogP contribution in [0.4, 0.5) is 5.82 Å². The zero-order valence-electron chi connectivity index (χ0n) is 14.8. The van der Waals surface area contributed by atoms with Gasteiger partial charge in [0.05, 0.1) is 12.7 Å². The Kier molecular flexibility index (Phi) is 3.99. The standard InChI is InChI=1S/C18H20N6O2/c1-22-11-15(17(21-22)26-2)18(25)24-9-13-7-23(8-14(13)10-24)16-4-3-12(5-19)6-20-16/h3-4,6,11,13-14H,7-10H2,1-2H3. The fraction of sp³-hybridized carbons (Fsp3) is 0.444. The van der Waals surface area contributed by atoms with Crippen molar-refractivity contribution >= 4 is 11.7 Å². The second-order valence-corrected chi connectivity index (χ2v) is 6.88. The Morgan fingerprint density at radius 1 is 1.27 bits per heavy atom. The van der Waals surface area contributed by atoms with E-state index in [9.17, 15) is 4.79 Å². The highest BCUT2D eigenvalue weighted by atomic mass is 16.5. The molecule has 26 heavy (non-hydrogen) atoms. The van der Waals surface area contributed by atoms with E-state index in [0.29, 0.717) is 28.8 Å². The first kappa shape index (κ1) is 16.4. The molecule has 2 aliphatic heterocycles. The van der Waals surface area contributed by atoms with Crippen molar-refractivity contribution in [2.45, 2.75) is 0 Å². The Morgan fingerprint density at radius 2 is 2.00 bits per heavy atom. The summed E-state index contributed by atoms with van der Waals surface area (Å²) < 4.78 is 6.81. The lowest BCUT2D eigenvalue weighted by molar-refractivity contribution is 0.0779. The first-order valence-electron chi connectivity index (χ1n) is 8.57. The fourth-order valence-electron chi connectivity index (χ4n) is 3.92. The number of hydrogen-bond acceptors (Lipinski definition) is 6. The summed E-state index contributed by atoms with van der Waals surface area (Å²) in [5, 5.41) is 13.1. The van der Waals surface area contributed by atoms with Crippen LogP contribution < -0.4 is 9.64 Å². The number of amides is 1. The first-order valence-corrected chi connectivity index (χ1v) is 8.57. The van der Waals surface area contributed by atoms with E-state index in [1.807, 2.05) is 11.0 Å². The molecule has 2 unspecified atom stereocenters. The topological polar surface area (TPSA) is 87.3 Å². The zero-order chi connectivity index (χ0) is 18.3. The van der Waals surface area contributed by atoms with Gasteiger partial charge in [0, 0.05) is 57.5 Å². The summed E-state index contributed by atoms with van der Waals surface area (Å²) in [6.07, 6.45) is 3.32. The van der Waals surface area contributed by atoms with E-state index in [0.717, 1.165) is 32.0 Å². The number of likely N-dealkylation sites (tertiary alicyclic amines) is 1. The second-order valence-electron chi connectivity index (χ2n) is 6.88. The van der Waals surface area contributed by atoms with E-state index in [1.165, 1.54) is 7.11 Å². The monoisotopic (exact) mass is 352 g/mol. The lowest BCUT2D eigenvalue weighted by atomic mass is 10.0. The Hall–Kier alpha value is -3.08. The molecule has 0 saturated carbocycles. The number of fused-ring (bicyclic) bond motifs is 1. The van der Waals surface area contributed by atoms with E-state index >= 15 is 0 Å². The van der Waals surface area contributed by atoms with Gasteiger partial charge in [-0.05, 0) is 12.1 Å². The summed E-state index contributed by atoms with van der Waals surface area (Å²) in [5.74, 6) is 2.11. The molecule has 2 saturated heterocycles. The molecule has 4 heterocycles. The summed E-state index contributed by atoms with van der Waals surface area (Å²) in [6, 6.07) is 5.77. The molecule has 2 atom stereocenters. The van der Waals surface area contributed by atoms with Crippen LogP contribution >= 0.6 is 0 Å². The molecule has 134 valence electrons. The van der Waals surface area contributed by atoms with Gasteiger partial charge in [0.2, 0.25) is 5.88 Å². The molecule has 8 nitrogen and oxygen atoms in total. The number of aryl methyl sites for hydroxylation is 1. The molecule has 0 aliphatic carbocycles. The molecule has 0 aromatic carbocycles. The van der Waals surface area contributed by atoms with Crippen molar-refractivity contribution in [2.75, 3.05) is 38.2 Å². The third-order valence-corrected chi connectivity index (χ3v) is 5.19. The largest absolute Gasteiger partial charge is 0.479 e. The molecule has 8 heteroatoms. The number of nitriles is 1. The smallest absolute Gasteiger partial charge is 0.260 e. The molecule has 2 aliphatic rings. The number of nitrogens with zero attached hydrogens (tertiary/aromatic N) is 6. The Balaban J connectivity index is 1.43. The van der Waals surface area contributed by atoms with Crippen molar-refractivity contribution in [3.05, 3.63) is 35.7 Å². The molecule has 2 aromatic rings. The molecule has 0 spiro atoms. The minimum atomic E-state index is -0.0209. The predicted molar refractivity (Wildman–Crippen MR) is 93.8 cm³/mol. The number of carbonyl (C=O) groups excluding carboxylic acids is 1. The Bertz CT molecular complexity index is 855. The minimum Gasteiger partial charge on any atom is -0.479 e. The number of aromatic nitrogens is 3. The van der Waals surface area contributed by atoms with Crippen LogP contribution in [0.25, 0.3) is 0 Å². The quantitative estimate of drug-likeness (QED) is 0.816. The number of ether oxygens (including phenoxy) is 1. The molecule has 2 aromatic heterocycles. The highest BCUT2D eigenvalue weighted by Crippen LogP contribution is 2.34. The van der Waals surface area contributed by atoms with Crippen LogP contribution in [0.5, 0.6) is 5.88 Å². The van der Waals surface area contributed by atoms with Gasteiger partial charge in [0.25, 0.3) is 5.91 Å². The SMILES string of the molecule is COc1nn(C)cc1C(=O)N1CC2CN(c3ccc(C#N)cn3)CC2C1. The van der Waals surface area contributed by atoms with Crippen molar-refractivity contribution in [1.29, 1.82) is 5.26 Å². The fourth-order valence-corrected chi connectivity index (χ4v) is 3.92. The van der Waals surface area contributed by atoms with Crippen LogP contribution in [-0.2, 0) is 7.05 Å². The summed E-state index contributed by atoms with van der Waals surface area (Å²) in [5.41, 5.74) is 1.08. The van der Waals surface area contributed by atoms with Crippen LogP contribution in [-0.4, -0.2) is 58.9 Å². The van der Waals surface area contributed by atoms with Crippen LogP contribution in [0.2, 0.25) is 0 Å². The lowest BCUT2D eigenvalue weighted by Gasteiger charge is -2.22. The zero-order valence-corrected chi connectivity index (χ0v) is 14.8. The summed E-state index contributed by atoms with van der Waals surface area (Å²) in [4.78, 5) is 21.4. The van der Waals surface area contributed by atoms with Gasteiger partial charge in [-0.25, -0.2) is 4.98 Å². The molecule has 4 rings (SSSR count). The van der Waals surface area contributed by atoms with Crippen LogP contribution in [0.15, 0.2) is 24.5 Å². The molecule has 0 radical (unpaired) electrons. The average molecular weight is 352 g/mol. The molecular weight excluding hydrogens is 332 g/mol. The minimum absolute atomic E-state index is 0.0209. The number of methoxy groups -OCH3 is 1. The van der Waals surface area contributed by atoms with Crippen LogP contribution in [0.3, 0.4) is 0 Å². The van der Waals surface area contributed by atoms with Gasteiger partial charge in [-0.1, -0.05) is 0 Å². The number of carbonyl (C=O) groups is 1. The number of pyridine rings is 1. The molecule has 0 N–H and O–H groups in total. The number of hydrogen-bond donors (Lipinski definition) is 0. The first-order chi connectivity index (χ1) is 12.6. The molecule has 0 bridgehead atoms. The molecule has 1 amide bonds. The van der Waals surface area contributed by atoms with Gasteiger partial charge in [0.1, 0.15) is 17.5 Å². The summed E-state index contributed by atoms with van der Waals surface area (Å²) >= 11 is 0. The van der Waals surface area contributed by atoms with E-state index in [-0.39, 0.29) is 5.91 Å². The van der Waals surface area contributed by atoms with Gasteiger partial charge < -0.3 is 14.5 Å². The van der Waals surface area contributed by atoms with E-state index in [4.69, 9.17) is 10.00 Å². The van der Waals surface area contributed by atoms with Crippen molar-refractivity contribution in [3.8, 4) is 11.9 Å². The highest BCUT2D eigenvalue weighted by molar-refractivity contribution is 5.96. The maximum atomic E-state index is 12.8. The van der Waals surface area contributed by atoms with Gasteiger partial charge in [-0.3, -0.25) is 9.48 Å². The van der Waals surface area contributed by atoms with Gasteiger partial charge in [-0.2, -0.15) is 5.26 Å². The summed E-state index contributed by atoms with van der Waals surface area (Å²) in [7, 11) is 3.31. The average Bonchev–Trinajstić information content (AvgIpc) is 3.33. The van der Waals surface area contributed by atoms with E-state index in [2.05, 4.69) is 21.1 Å². The maximum absolute atomic E-state index is 12.8. The lowest BCUT2D eigenvalue weighted by Crippen LogP contribution is -2.33. The maximum Gasteiger partial charge on any atom is 0.260 e. The third-order valence-electron chi connectivity index (χ3n) is 5.19.